The number of hydrogen-bond acceptors (Lipinski definition) is 4. The van der Waals surface area contributed by atoms with Crippen molar-refractivity contribution >= 4 is 5.91 Å². The van der Waals surface area contributed by atoms with Gasteiger partial charge >= 0.3 is 0 Å². The molecule has 0 saturated carbocycles. The molecule has 1 aromatic carbocycles. The average molecular weight is 320 g/mol. The number of β-amino-alcohol motifs (C(OH)–C–C–N with tert-alkyl or cyclic N) is 1. The molecule has 1 heterocycles. The Bertz CT molecular complexity index is 491. The van der Waals surface area contributed by atoms with Gasteiger partial charge in [0.25, 0.3) is 5.91 Å². The number of aliphatic hydroxyl groups excluding tert-OH is 1. The summed E-state index contributed by atoms with van der Waals surface area (Å²) in [6.07, 6.45) is -0.118. The molecule has 0 aliphatic carbocycles. The van der Waals surface area contributed by atoms with E-state index < -0.39 is 0 Å². The Labute approximate surface area is 138 Å². The van der Waals surface area contributed by atoms with Gasteiger partial charge in [0.1, 0.15) is 0 Å². The number of carbonyl (C=O) groups excluding carboxylic acids is 1. The first-order valence-electron chi connectivity index (χ1n) is 8.36. The van der Waals surface area contributed by atoms with Crippen molar-refractivity contribution in [3.8, 4) is 0 Å². The van der Waals surface area contributed by atoms with Crippen molar-refractivity contribution in [2.24, 2.45) is 0 Å². The van der Waals surface area contributed by atoms with E-state index in [2.05, 4.69) is 4.90 Å². The Kier molecular flexibility index (Phi) is 6.57. The Morgan fingerprint density at radius 2 is 1.74 bits per heavy atom. The molecule has 128 valence electrons. The molecule has 1 amide bonds. The lowest BCUT2D eigenvalue weighted by atomic mass is 10.1. The molecular weight excluding hydrogens is 292 g/mol. The first-order chi connectivity index (χ1) is 11.0. The maximum absolute atomic E-state index is 12.5. The van der Waals surface area contributed by atoms with Crippen LogP contribution >= 0.6 is 0 Å². The lowest BCUT2D eigenvalue weighted by molar-refractivity contribution is 0.0553. The molecule has 1 unspecified atom stereocenters. The second-order valence-electron chi connectivity index (χ2n) is 6.50. The van der Waals surface area contributed by atoms with E-state index in [-0.39, 0.29) is 18.1 Å². The van der Waals surface area contributed by atoms with Crippen LogP contribution in [0, 0.1) is 0 Å². The third-order valence-electron chi connectivity index (χ3n) is 3.97. The van der Waals surface area contributed by atoms with E-state index in [0.717, 1.165) is 24.2 Å². The molecule has 0 bridgehead atoms. The van der Waals surface area contributed by atoms with Crippen LogP contribution in [-0.4, -0.2) is 65.7 Å². The third-order valence-corrected chi connectivity index (χ3v) is 3.97. The highest BCUT2D eigenvalue weighted by molar-refractivity contribution is 5.94. The standard InChI is InChI=1S/C18H28N2O3/c1-14(2)23-13-16-4-6-17(7-5-16)18(22)20-10-8-19(9-11-20)12-15(3)21/h4-7,14-15,21H,8-13H2,1-3H3. The van der Waals surface area contributed by atoms with E-state index in [1.54, 1.807) is 6.92 Å². The number of benzene rings is 1. The van der Waals surface area contributed by atoms with Crippen molar-refractivity contribution in [3.05, 3.63) is 35.4 Å². The van der Waals surface area contributed by atoms with Crippen LogP contribution in [-0.2, 0) is 11.3 Å². The topological polar surface area (TPSA) is 53.0 Å². The maximum Gasteiger partial charge on any atom is 0.253 e. The van der Waals surface area contributed by atoms with Gasteiger partial charge in [-0.1, -0.05) is 12.1 Å². The average Bonchev–Trinajstić information content (AvgIpc) is 2.53. The second-order valence-corrected chi connectivity index (χ2v) is 6.50. The molecule has 1 atom stereocenters. The molecule has 1 aliphatic heterocycles. The van der Waals surface area contributed by atoms with Crippen molar-refractivity contribution in [3.63, 3.8) is 0 Å². The van der Waals surface area contributed by atoms with Gasteiger partial charge in [-0.3, -0.25) is 9.69 Å². The van der Waals surface area contributed by atoms with Gasteiger partial charge in [0.2, 0.25) is 0 Å². The van der Waals surface area contributed by atoms with Gasteiger partial charge < -0.3 is 14.7 Å². The van der Waals surface area contributed by atoms with E-state index in [4.69, 9.17) is 4.74 Å². The molecule has 0 aromatic heterocycles. The van der Waals surface area contributed by atoms with Gasteiger partial charge in [-0.2, -0.15) is 0 Å². The molecule has 1 saturated heterocycles. The van der Waals surface area contributed by atoms with E-state index in [1.807, 2.05) is 43.0 Å². The zero-order chi connectivity index (χ0) is 16.8. The predicted octanol–water partition coefficient (Wildman–Crippen LogP) is 1.75. The molecule has 0 spiro atoms. The minimum atomic E-state index is -0.321. The van der Waals surface area contributed by atoms with Crippen LogP contribution in [0.1, 0.15) is 36.7 Å². The van der Waals surface area contributed by atoms with Crippen molar-refractivity contribution < 1.29 is 14.6 Å². The van der Waals surface area contributed by atoms with Crippen LogP contribution in [0.2, 0.25) is 0 Å². The van der Waals surface area contributed by atoms with Crippen LogP contribution in [0.25, 0.3) is 0 Å². The Morgan fingerprint density at radius 1 is 1.13 bits per heavy atom. The number of aliphatic hydroxyl groups is 1. The molecule has 1 fully saturated rings. The van der Waals surface area contributed by atoms with Gasteiger partial charge in [-0.25, -0.2) is 0 Å². The first kappa shape index (κ1) is 17.9. The molecule has 1 aromatic rings. The zero-order valence-electron chi connectivity index (χ0n) is 14.4. The van der Waals surface area contributed by atoms with Gasteiger partial charge in [-0.15, -0.1) is 0 Å². The van der Waals surface area contributed by atoms with E-state index in [9.17, 15) is 9.90 Å². The second kappa shape index (κ2) is 8.43. The summed E-state index contributed by atoms with van der Waals surface area (Å²) in [5.74, 6) is 0.0815. The quantitative estimate of drug-likeness (QED) is 0.868. The molecule has 23 heavy (non-hydrogen) atoms. The molecule has 0 radical (unpaired) electrons. The SMILES string of the molecule is CC(O)CN1CCN(C(=O)c2ccc(COC(C)C)cc2)CC1. The van der Waals surface area contributed by atoms with Crippen LogP contribution < -0.4 is 0 Å². The van der Waals surface area contributed by atoms with E-state index in [0.29, 0.717) is 26.2 Å². The highest BCUT2D eigenvalue weighted by Gasteiger charge is 2.22. The monoisotopic (exact) mass is 320 g/mol. The minimum Gasteiger partial charge on any atom is -0.392 e. The fourth-order valence-electron chi connectivity index (χ4n) is 2.70. The highest BCUT2D eigenvalue weighted by Crippen LogP contribution is 2.12. The van der Waals surface area contributed by atoms with Crippen molar-refractivity contribution in [1.29, 1.82) is 0 Å². The summed E-state index contributed by atoms with van der Waals surface area (Å²) < 4.78 is 5.57. The Morgan fingerprint density at radius 3 is 2.26 bits per heavy atom. The fourth-order valence-corrected chi connectivity index (χ4v) is 2.70. The van der Waals surface area contributed by atoms with Crippen LogP contribution in [0.3, 0.4) is 0 Å². The van der Waals surface area contributed by atoms with Crippen LogP contribution in [0.4, 0.5) is 0 Å². The number of amides is 1. The summed E-state index contributed by atoms with van der Waals surface area (Å²) >= 11 is 0. The zero-order valence-corrected chi connectivity index (χ0v) is 14.4. The third kappa shape index (κ3) is 5.61. The molecule has 1 N–H and O–H groups in total. The molecule has 5 nitrogen and oxygen atoms in total. The lowest BCUT2D eigenvalue weighted by Gasteiger charge is -2.35. The number of ether oxygens (including phenoxy) is 1. The van der Waals surface area contributed by atoms with Gasteiger partial charge in [0.15, 0.2) is 0 Å². The van der Waals surface area contributed by atoms with E-state index >= 15 is 0 Å². The summed E-state index contributed by atoms with van der Waals surface area (Å²) in [4.78, 5) is 16.6. The summed E-state index contributed by atoms with van der Waals surface area (Å²) in [6.45, 7) is 10.1. The summed E-state index contributed by atoms with van der Waals surface area (Å²) in [6, 6.07) is 7.67. The largest absolute Gasteiger partial charge is 0.392 e. The minimum absolute atomic E-state index is 0.0815. The molecular formula is C18H28N2O3. The van der Waals surface area contributed by atoms with Crippen molar-refractivity contribution in [1.82, 2.24) is 9.80 Å². The van der Waals surface area contributed by atoms with E-state index in [1.165, 1.54) is 0 Å². The Balaban J connectivity index is 1.86. The first-order valence-corrected chi connectivity index (χ1v) is 8.36. The Hall–Kier alpha value is -1.43. The van der Waals surface area contributed by atoms with Gasteiger partial charge in [0, 0.05) is 38.3 Å². The number of carbonyl (C=O) groups is 1. The summed E-state index contributed by atoms with van der Waals surface area (Å²) in [5, 5.41) is 9.43. The van der Waals surface area contributed by atoms with Crippen LogP contribution in [0.15, 0.2) is 24.3 Å². The smallest absolute Gasteiger partial charge is 0.253 e. The summed E-state index contributed by atoms with van der Waals surface area (Å²) in [5.41, 5.74) is 1.80. The van der Waals surface area contributed by atoms with Crippen molar-refractivity contribution in [2.45, 2.75) is 39.6 Å². The molecule has 5 heteroatoms. The normalized spacial score (nSPS) is 17.5. The van der Waals surface area contributed by atoms with Gasteiger partial charge in [0.05, 0.1) is 18.8 Å². The predicted molar refractivity (Wildman–Crippen MR) is 90.4 cm³/mol. The summed E-state index contributed by atoms with van der Waals surface area (Å²) in [7, 11) is 0. The molecule has 1 aliphatic rings. The van der Waals surface area contributed by atoms with Crippen LogP contribution in [0.5, 0.6) is 0 Å². The number of nitrogens with zero attached hydrogens (tertiary/aromatic N) is 2. The fraction of sp³-hybridized carbons (Fsp3) is 0.611. The number of hydrogen-bond donors (Lipinski definition) is 1. The molecule has 2 rings (SSSR count). The van der Waals surface area contributed by atoms with Gasteiger partial charge in [-0.05, 0) is 38.5 Å². The number of piperazine rings is 1. The lowest BCUT2D eigenvalue weighted by Crippen LogP contribution is -2.50. The maximum atomic E-state index is 12.5. The number of rotatable bonds is 6. The highest BCUT2D eigenvalue weighted by atomic mass is 16.5. The van der Waals surface area contributed by atoms with Crippen molar-refractivity contribution in [2.75, 3.05) is 32.7 Å².